The molecule has 0 aliphatic rings. The van der Waals surface area contributed by atoms with Crippen LogP contribution in [-0.4, -0.2) is 22.2 Å². The van der Waals surface area contributed by atoms with Crippen LogP contribution in [0.15, 0.2) is 16.8 Å². The van der Waals surface area contributed by atoms with Gasteiger partial charge in [0.15, 0.2) is 5.76 Å². The van der Waals surface area contributed by atoms with Gasteiger partial charge in [-0.15, -0.1) is 0 Å². The van der Waals surface area contributed by atoms with Crippen molar-refractivity contribution in [3.05, 3.63) is 29.4 Å². The summed E-state index contributed by atoms with van der Waals surface area (Å²) in [6, 6.07) is 1.83. The SMILES string of the molecule is CNc1nc(C(C)(C)C)nc(NCc2ccno2)c1C. The number of rotatable bonds is 4. The third-order valence-corrected chi connectivity index (χ3v) is 2.97. The van der Waals surface area contributed by atoms with Crippen molar-refractivity contribution < 1.29 is 4.52 Å². The number of anilines is 2. The van der Waals surface area contributed by atoms with Crippen LogP contribution in [0.25, 0.3) is 0 Å². The Morgan fingerprint density at radius 1 is 1.20 bits per heavy atom. The molecule has 0 atom stereocenters. The predicted octanol–water partition coefficient (Wildman–Crippen LogP) is 2.72. The van der Waals surface area contributed by atoms with Gasteiger partial charge in [-0.2, -0.15) is 0 Å². The molecule has 108 valence electrons. The molecule has 0 radical (unpaired) electrons. The van der Waals surface area contributed by atoms with Crippen LogP contribution in [0.4, 0.5) is 11.6 Å². The van der Waals surface area contributed by atoms with Gasteiger partial charge in [0, 0.05) is 24.1 Å². The van der Waals surface area contributed by atoms with Crippen LogP contribution < -0.4 is 10.6 Å². The van der Waals surface area contributed by atoms with Gasteiger partial charge >= 0.3 is 0 Å². The molecule has 0 spiro atoms. The van der Waals surface area contributed by atoms with E-state index in [0.717, 1.165) is 28.8 Å². The molecule has 0 aromatic carbocycles. The Morgan fingerprint density at radius 2 is 1.90 bits per heavy atom. The summed E-state index contributed by atoms with van der Waals surface area (Å²) >= 11 is 0. The molecular formula is C14H21N5O. The van der Waals surface area contributed by atoms with Crippen LogP contribution in [0.5, 0.6) is 0 Å². The summed E-state index contributed by atoms with van der Waals surface area (Å²) < 4.78 is 5.08. The molecule has 2 aromatic rings. The fourth-order valence-electron chi connectivity index (χ4n) is 1.77. The van der Waals surface area contributed by atoms with Crippen molar-refractivity contribution >= 4 is 11.6 Å². The minimum atomic E-state index is -0.109. The summed E-state index contributed by atoms with van der Waals surface area (Å²) in [5.74, 6) is 3.22. The van der Waals surface area contributed by atoms with E-state index in [1.807, 2.05) is 20.0 Å². The summed E-state index contributed by atoms with van der Waals surface area (Å²) in [4.78, 5) is 9.20. The van der Waals surface area contributed by atoms with Crippen molar-refractivity contribution in [3.8, 4) is 0 Å². The van der Waals surface area contributed by atoms with Crippen molar-refractivity contribution in [2.45, 2.75) is 39.7 Å². The highest BCUT2D eigenvalue weighted by atomic mass is 16.5. The zero-order valence-electron chi connectivity index (χ0n) is 12.6. The van der Waals surface area contributed by atoms with Crippen molar-refractivity contribution in [2.75, 3.05) is 17.7 Å². The van der Waals surface area contributed by atoms with Gasteiger partial charge in [0.25, 0.3) is 0 Å². The first-order chi connectivity index (χ1) is 9.41. The molecule has 0 aliphatic carbocycles. The topological polar surface area (TPSA) is 75.9 Å². The fraction of sp³-hybridized carbons (Fsp3) is 0.500. The van der Waals surface area contributed by atoms with Crippen molar-refractivity contribution in [1.29, 1.82) is 0 Å². The maximum absolute atomic E-state index is 5.08. The van der Waals surface area contributed by atoms with E-state index in [4.69, 9.17) is 4.52 Å². The molecule has 0 unspecified atom stereocenters. The quantitative estimate of drug-likeness (QED) is 0.893. The molecular weight excluding hydrogens is 254 g/mol. The minimum absolute atomic E-state index is 0.109. The molecule has 0 bridgehead atoms. The van der Waals surface area contributed by atoms with Gasteiger partial charge in [0.2, 0.25) is 0 Å². The Hall–Kier alpha value is -2.11. The predicted molar refractivity (Wildman–Crippen MR) is 78.8 cm³/mol. The van der Waals surface area contributed by atoms with Crippen LogP contribution in [0.2, 0.25) is 0 Å². The van der Waals surface area contributed by atoms with E-state index >= 15 is 0 Å². The lowest BCUT2D eigenvalue weighted by Gasteiger charge is -2.20. The molecule has 0 aliphatic heterocycles. The number of nitrogens with one attached hydrogen (secondary N) is 2. The second-order valence-electron chi connectivity index (χ2n) is 5.70. The molecule has 0 fully saturated rings. The Balaban J connectivity index is 2.30. The number of aromatic nitrogens is 3. The molecule has 0 saturated heterocycles. The lowest BCUT2D eigenvalue weighted by molar-refractivity contribution is 0.388. The number of hydrogen-bond donors (Lipinski definition) is 2. The van der Waals surface area contributed by atoms with E-state index in [0.29, 0.717) is 6.54 Å². The summed E-state index contributed by atoms with van der Waals surface area (Å²) in [6.07, 6.45) is 1.63. The van der Waals surface area contributed by atoms with Crippen LogP contribution in [0, 0.1) is 6.92 Å². The third-order valence-electron chi connectivity index (χ3n) is 2.97. The van der Waals surface area contributed by atoms with E-state index in [-0.39, 0.29) is 5.41 Å². The highest BCUT2D eigenvalue weighted by Gasteiger charge is 2.20. The average molecular weight is 275 g/mol. The molecule has 2 aromatic heterocycles. The zero-order chi connectivity index (χ0) is 14.8. The molecule has 2 N–H and O–H groups in total. The standard InChI is InChI=1S/C14H21N5O/c1-9-11(15-5)18-13(14(2,3)4)19-12(9)16-8-10-6-7-17-20-10/h6-7H,8H2,1-5H3,(H2,15,16,18,19). The van der Waals surface area contributed by atoms with Crippen LogP contribution in [-0.2, 0) is 12.0 Å². The molecule has 2 rings (SSSR count). The molecule has 2 heterocycles. The van der Waals surface area contributed by atoms with Gasteiger partial charge in [-0.1, -0.05) is 25.9 Å². The number of nitrogens with zero attached hydrogens (tertiary/aromatic N) is 3. The monoisotopic (exact) mass is 275 g/mol. The average Bonchev–Trinajstić information content (AvgIpc) is 2.89. The summed E-state index contributed by atoms with van der Waals surface area (Å²) in [7, 11) is 1.86. The van der Waals surface area contributed by atoms with E-state index in [9.17, 15) is 0 Å². The van der Waals surface area contributed by atoms with Gasteiger partial charge in [-0.3, -0.25) is 0 Å². The third kappa shape index (κ3) is 3.07. The first-order valence-electron chi connectivity index (χ1n) is 6.62. The summed E-state index contributed by atoms with van der Waals surface area (Å²) in [5.41, 5.74) is 0.877. The maximum Gasteiger partial charge on any atom is 0.155 e. The second kappa shape index (κ2) is 5.48. The smallest absolute Gasteiger partial charge is 0.155 e. The molecule has 6 heteroatoms. The highest BCUT2D eigenvalue weighted by Crippen LogP contribution is 2.26. The lowest BCUT2D eigenvalue weighted by Crippen LogP contribution is -2.19. The molecule has 6 nitrogen and oxygen atoms in total. The van der Waals surface area contributed by atoms with Gasteiger partial charge < -0.3 is 15.2 Å². The lowest BCUT2D eigenvalue weighted by atomic mass is 9.95. The van der Waals surface area contributed by atoms with E-state index in [1.165, 1.54) is 0 Å². The molecule has 0 amide bonds. The first kappa shape index (κ1) is 14.3. The molecule has 20 heavy (non-hydrogen) atoms. The van der Waals surface area contributed by atoms with Crippen molar-refractivity contribution in [3.63, 3.8) is 0 Å². The Bertz CT molecular complexity index is 572. The van der Waals surface area contributed by atoms with Gasteiger partial charge in [-0.25, -0.2) is 9.97 Å². The first-order valence-corrected chi connectivity index (χ1v) is 6.62. The van der Waals surface area contributed by atoms with Gasteiger partial charge in [-0.05, 0) is 6.92 Å². The minimum Gasteiger partial charge on any atom is -0.373 e. The Kier molecular flexibility index (Phi) is 3.92. The largest absolute Gasteiger partial charge is 0.373 e. The summed E-state index contributed by atoms with van der Waals surface area (Å²) in [6.45, 7) is 8.82. The normalized spacial score (nSPS) is 11.4. The zero-order valence-corrected chi connectivity index (χ0v) is 12.6. The van der Waals surface area contributed by atoms with E-state index < -0.39 is 0 Å². The van der Waals surface area contributed by atoms with Gasteiger partial charge in [0.1, 0.15) is 17.5 Å². The Labute approximate surface area is 119 Å². The van der Waals surface area contributed by atoms with Gasteiger partial charge in [0.05, 0.1) is 12.7 Å². The van der Waals surface area contributed by atoms with Crippen molar-refractivity contribution in [2.24, 2.45) is 0 Å². The van der Waals surface area contributed by atoms with Crippen LogP contribution in [0.3, 0.4) is 0 Å². The molecule has 0 saturated carbocycles. The second-order valence-corrected chi connectivity index (χ2v) is 5.70. The Morgan fingerprint density at radius 3 is 2.45 bits per heavy atom. The fourth-order valence-corrected chi connectivity index (χ4v) is 1.77. The van der Waals surface area contributed by atoms with E-state index in [2.05, 4.69) is 46.5 Å². The van der Waals surface area contributed by atoms with Crippen LogP contribution >= 0.6 is 0 Å². The maximum atomic E-state index is 5.08. The number of hydrogen-bond acceptors (Lipinski definition) is 6. The highest BCUT2D eigenvalue weighted by molar-refractivity contribution is 5.57. The van der Waals surface area contributed by atoms with Crippen molar-refractivity contribution in [1.82, 2.24) is 15.1 Å². The van der Waals surface area contributed by atoms with E-state index in [1.54, 1.807) is 6.20 Å². The summed E-state index contributed by atoms with van der Waals surface area (Å²) in [5, 5.41) is 10.1. The van der Waals surface area contributed by atoms with Crippen LogP contribution in [0.1, 0.15) is 37.9 Å².